The van der Waals surface area contributed by atoms with Crippen LogP contribution in [0.3, 0.4) is 0 Å². The summed E-state index contributed by atoms with van der Waals surface area (Å²) in [6.45, 7) is 1.10. The summed E-state index contributed by atoms with van der Waals surface area (Å²) in [5.74, 6) is -3.29. The minimum absolute atomic E-state index is 0.107. The number of pyridine rings is 1. The Kier molecular flexibility index (Phi) is 5.58. The molecule has 2 atom stereocenters. The minimum atomic E-state index is -5.13. The summed E-state index contributed by atoms with van der Waals surface area (Å²) < 4.78 is 59.2. The largest absolute Gasteiger partial charge is 0.464 e. The predicted molar refractivity (Wildman–Crippen MR) is 85.4 cm³/mol. The van der Waals surface area contributed by atoms with E-state index in [2.05, 4.69) is 9.72 Å². The number of carbonyl (C=O) groups is 1. The number of nitrogens with zero attached hydrogens (tertiary/aromatic N) is 1. The summed E-state index contributed by atoms with van der Waals surface area (Å²) in [4.78, 5) is 15.2. The molecule has 1 aromatic carbocycles. The summed E-state index contributed by atoms with van der Waals surface area (Å²) >= 11 is 5.87. The van der Waals surface area contributed by atoms with Crippen molar-refractivity contribution in [3.8, 4) is 0 Å². The molecule has 9 heteroatoms. The number of esters is 1. The second-order valence-electron chi connectivity index (χ2n) is 5.57. The SMILES string of the molecule is COC(=O)c1cc(C(O)(C(C)c2ccc(F)cc2Cl)C(F)(F)F)ccn1. The number of aromatic nitrogens is 1. The molecule has 0 aliphatic heterocycles. The lowest BCUT2D eigenvalue weighted by atomic mass is 9.78. The van der Waals surface area contributed by atoms with Crippen molar-refractivity contribution >= 4 is 17.6 Å². The Morgan fingerprint density at radius 3 is 2.46 bits per heavy atom. The van der Waals surface area contributed by atoms with Crippen molar-refractivity contribution in [2.24, 2.45) is 0 Å². The standard InChI is InChI=1S/C17H14ClF4NO3/c1-9(12-4-3-11(19)8-13(12)18)16(25,17(20,21)22)10-5-6-23-14(7-10)15(24)26-2/h3-9,25H,1-2H3. The molecule has 0 bridgehead atoms. The van der Waals surface area contributed by atoms with Gasteiger partial charge >= 0.3 is 12.1 Å². The zero-order valence-corrected chi connectivity index (χ0v) is 14.4. The second-order valence-corrected chi connectivity index (χ2v) is 5.98. The van der Waals surface area contributed by atoms with Crippen LogP contribution in [0.1, 0.15) is 34.5 Å². The molecule has 140 valence electrons. The highest BCUT2D eigenvalue weighted by molar-refractivity contribution is 6.31. The third-order valence-corrected chi connectivity index (χ3v) is 4.41. The molecule has 1 aromatic heterocycles. The number of carbonyl (C=O) groups excluding carboxylic acids is 1. The van der Waals surface area contributed by atoms with Crippen molar-refractivity contribution in [2.45, 2.75) is 24.6 Å². The van der Waals surface area contributed by atoms with Crippen molar-refractivity contribution in [3.63, 3.8) is 0 Å². The van der Waals surface area contributed by atoms with Crippen LogP contribution in [0.2, 0.25) is 5.02 Å². The van der Waals surface area contributed by atoms with Crippen LogP contribution < -0.4 is 0 Å². The molecule has 0 spiro atoms. The first-order valence-corrected chi connectivity index (χ1v) is 7.69. The molecule has 0 aliphatic carbocycles. The average molecular weight is 392 g/mol. The minimum Gasteiger partial charge on any atom is -0.464 e. The topological polar surface area (TPSA) is 59.4 Å². The molecule has 26 heavy (non-hydrogen) atoms. The Morgan fingerprint density at radius 1 is 1.27 bits per heavy atom. The molecule has 2 aromatic rings. The van der Waals surface area contributed by atoms with E-state index in [0.29, 0.717) is 0 Å². The Morgan fingerprint density at radius 2 is 1.92 bits per heavy atom. The number of aliphatic hydroxyl groups is 1. The van der Waals surface area contributed by atoms with Gasteiger partial charge in [0.25, 0.3) is 0 Å². The molecule has 1 N–H and O–H groups in total. The maximum absolute atomic E-state index is 13.8. The first kappa shape index (κ1) is 20.1. The van der Waals surface area contributed by atoms with Crippen molar-refractivity contribution in [2.75, 3.05) is 7.11 Å². The van der Waals surface area contributed by atoms with Crippen LogP contribution in [-0.2, 0) is 10.3 Å². The number of hydrogen-bond donors (Lipinski definition) is 1. The van der Waals surface area contributed by atoms with Gasteiger partial charge in [0.2, 0.25) is 0 Å². The van der Waals surface area contributed by atoms with Gasteiger partial charge in [-0.2, -0.15) is 13.2 Å². The summed E-state index contributed by atoms with van der Waals surface area (Å²) in [6, 6.07) is 4.61. The Bertz CT molecular complexity index is 828. The maximum Gasteiger partial charge on any atom is 0.422 e. The van der Waals surface area contributed by atoms with Crippen molar-refractivity contribution < 1.29 is 32.2 Å². The molecule has 2 unspecified atom stereocenters. The zero-order valence-electron chi connectivity index (χ0n) is 13.6. The van der Waals surface area contributed by atoms with E-state index >= 15 is 0 Å². The maximum atomic E-state index is 13.8. The lowest BCUT2D eigenvalue weighted by Gasteiger charge is -2.37. The molecule has 4 nitrogen and oxygen atoms in total. The normalized spacial score (nSPS) is 15.2. The van der Waals surface area contributed by atoms with Gasteiger partial charge < -0.3 is 9.84 Å². The molecular formula is C17H14ClF4NO3. The number of methoxy groups -OCH3 is 1. The van der Waals surface area contributed by atoms with Crippen LogP contribution in [0.25, 0.3) is 0 Å². The lowest BCUT2D eigenvalue weighted by molar-refractivity contribution is -0.274. The van der Waals surface area contributed by atoms with E-state index in [0.717, 1.165) is 50.6 Å². The highest BCUT2D eigenvalue weighted by Crippen LogP contribution is 2.49. The smallest absolute Gasteiger partial charge is 0.422 e. The molecule has 2 rings (SSSR count). The summed E-state index contributed by atoms with van der Waals surface area (Å²) in [7, 11) is 1.05. The number of ether oxygens (including phenoxy) is 1. The van der Waals surface area contributed by atoms with Gasteiger partial charge in [0.1, 0.15) is 11.5 Å². The molecule has 0 fully saturated rings. The molecule has 0 saturated heterocycles. The Balaban J connectivity index is 2.64. The number of halogens is 5. The van der Waals surface area contributed by atoms with Crippen molar-refractivity contribution in [1.82, 2.24) is 4.98 Å². The molecule has 1 heterocycles. The van der Waals surface area contributed by atoms with E-state index < -0.39 is 40.7 Å². The van der Waals surface area contributed by atoms with E-state index in [9.17, 15) is 27.5 Å². The number of benzene rings is 1. The van der Waals surface area contributed by atoms with Gasteiger partial charge in [0, 0.05) is 17.1 Å². The van der Waals surface area contributed by atoms with Crippen molar-refractivity contribution in [3.05, 3.63) is 64.2 Å². The Hall–Kier alpha value is -2.19. The van der Waals surface area contributed by atoms with Crippen LogP contribution in [-0.4, -0.2) is 29.3 Å². The van der Waals surface area contributed by atoms with E-state index in [1.165, 1.54) is 0 Å². The van der Waals surface area contributed by atoms with Crippen LogP contribution >= 0.6 is 11.6 Å². The van der Waals surface area contributed by atoms with E-state index in [-0.39, 0.29) is 10.6 Å². The van der Waals surface area contributed by atoms with Gasteiger partial charge in [-0.3, -0.25) is 0 Å². The Labute approximate surface area is 151 Å². The number of alkyl halides is 3. The van der Waals surface area contributed by atoms with Gasteiger partial charge in [0.05, 0.1) is 7.11 Å². The third-order valence-electron chi connectivity index (χ3n) is 4.08. The monoisotopic (exact) mass is 391 g/mol. The molecule has 0 aliphatic rings. The number of rotatable bonds is 4. The molecule has 0 amide bonds. The van der Waals surface area contributed by atoms with Crippen molar-refractivity contribution in [1.29, 1.82) is 0 Å². The van der Waals surface area contributed by atoms with Crippen LogP contribution in [0.4, 0.5) is 17.6 Å². The third kappa shape index (κ3) is 3.52. The first-order chi connectivity index (χ1) is 12.0. The van der Waals surface area contributed by atoms with E-state index in [1.807, 2.05) is 0 Å². The van der Waals surface area contributed by atoms with Gasteiger partial charge in [-0.1, -0.05) is 24.6 Å². The second kappa shape index (κ2) is 7.20. The quantitative estimate of drug-likeness (QED) is 0.626. The van der Waals surface area contributed by atoms with Crippen LogP contribution in [0, 0.1) is 5.82 Å². The zero-order chi connectivity index (χ0) is 19.7. The van der Waals surface area contributed by atoms with Crippen LogP contribution in [0.15, 0.2) is 36.5 Å². The fourth-order valence-electron chi connectivity index (χ4n) is 2.62. The van der Waals surface area contributed by atoms with Gasteiger partial charge in [0.15, 0.2) is 5.60 Å². The average Bonchev–Trinajstić information content (AvgIpc) is 2.58. The lowest BCUT2D eigenvalue weighted by Crippen LogP contribution is -2.46. The highest BCUT2D eigenvalue weighted by Gasteiger charge is 2.59. The van der Waals surface area contributed by atoms with Gasteiger partial charge in [-0.05, 0) is 35.4 Å². The van der Waals surface area contributed by atoms with E-state index in [4.69, 9.17) is 11.6 Å². The molecule has 0 radical (unpaired) electrons. The predicted octanol–water partition coefficient (Wildman–Crippen LogP) is 4.21. The van der Waals surface area contributed by atoms with E-state index in [1.54, 1.807) is 0 Å². The summed E-state index contributed by atoms with van der Waals surface area (Å²) in [6.07, 6.45) is -4.17. The first-order valence-electron chi connectivity index (χ1n) is 7.31. The van der Waals surface area contributed by atoms with Gasteiger partial charge in [-0.25, -0.2) is 14.2 Å². The molecule has 0 saturated carbocycles. The van der Waals surface area contributed by atoms with Crippen LogP contribution in [0.5, 0.6) is 0 Å². The summed E-state index contributed by atoms with van der Waals surface area (Å²) in [5, 5.41) is 10.4. The fraction of sp³-hybridized carbons (Fsp3) is 0.294. The summed E-state index contributed by atoms with van der Waals surface area (Å²) in [5.41, 5.74) is -4.53. The molecular weight excluding hydrogens is 378 g/mol. The van der Waals surface area contributed by atoms with Gasteiger partial charge in [-0.15, -0.1) is 0 Å². The number of hydrogen-bond acceptors (Lipinski definition) is 4. The fourth-order valence-corrected chi connectivity index (χ4v) is 2.95. The highest BCUT2D eigenvalue weighted by atomic mass is 35.5.